The van der Waals surface area contributed by atoms with Gasteiger partial charge in [-0.1, -0.05) is 0 Å². The van der Waals surface area contributed by atoms with Crippen LogP contribution in [0.1, 0.15) is 11.3 Å². The van der Waals surface area contributed by atoms with Crippen molar-refractivity contribution in [2.24, 2.45) is 0 Å². The molecule has 1 N–H and O–H groups in total. The van der Waals surface area contributed by atoms with Crippen LogP contribution in [0.5, 0.6) is 5.75 Å². The third-order valence-corrected chi connectivity index (χ3v) is 3.21. The number of nitrogens with one attached hydrogen (secondary N) is 1. The Hall–Kier alpha value is -3.02. The third kappa shape index (κ3) is 3.32. The number of aromatic nitrogens is 1. The molecule has 0 amide bonds. The lowest BCUT2D eigenvalue weighted by Crippen LogP contribution is -2.18. The summed E-state index contributed by atoms with van der Waals surface area (Å²) in [7, 11) is 2.54. The van der Waals surface area contributed by atoms with Gasteiger partial charge in [0.15, 0.2) is 5.69 Å². The number of hydrogen-bond donors (Lipinski definition) is 1. The lowest BCUT2D eigenvalue weighted by Gasteiger charge is -2.16. The van der Waals surface area contributed by atoms with E-state index in [0.29, 0.717) is 5.75 Å². The second kappa shape index (κ2) is 6.62. The smallest absolute Gasteiger partial charge is 0.434 e. The number of benzene rings is 1. The van der Waals surface area contributed by atoms with Crippen LogP contribution in [0, 0.1) is 11.3 Å². The van der Waals surface area contributed by atoms with E-state index in [2.05, 4.69) is 15.0 Å². The first-order chi connectivity index (χ1) is 11.3. The molecule has 6 nitrogen and oxygen atoms in total. The highest BCUT2D eigenvalue weighted by molar-refractivity contribution is 5.96. The first-order valence-corrected chi connectivity index (χ1v) is 6.61. The number of carbonyl (C=O) groups is 1. The van der Waals surface area contributed by atoms with Gasteiger partial charge in [0.25, 0.3) is 0 Å². The van der Waals surface area contributed by atoms with E-state index in [1.807, 2.05) is 0 Å². The molecule has 1 heterocycles. The maximum Gasteiger partial charge on any atom is 0.434 e. The van der Waals surface area contributed by atoms with E-state index in [-0.39, 0.29) is 16.6 Å². The summed E-state index contributed by atoms with van der Waals surface area (Å²) in [4.78, 5) is 14.8. The van der Waals surface area contributed by atoms with Gasteiger partial charge < -0.3 is 14.8 Å². The quantitative estimate of drug-likeness (QED) is 0.862. The highest BCUT2D eigenvalue weighted by Gasteiger charge is 2.37. The highest BCUT2D eigenvalue weighted by atomic mass is 19.4. The summed E-state index contributed by atoms with van der Waals surface area (Å²) in [6, 6.07) is 5.73. The fraction of sp³-hybridized carbons (Fsp3) is 0.267. The van der Waals surface area contributed by atoms with Crippen LogP contribution in [0.3, 0.4) is 0 Å². The van der Waals surface area contributed by atoms with Gasteiger partial charge in [-0.25, -0.2) is 4.98 Å². The van der Waals surface area contributed by atoms with Gasteiger partial charge in [0.2, 0.25) is 0 Å². The van der Waals surface area contributed by atoms with Crippen LogP contribution in [-0.4, -0.2) is 31.7 Å². The topological polar surface area (TPSA) is 84.2 Å². The van der Waals surface area contributed by atoms with Crippen LogP contribution >= 0.6 is 0 Å². The molecule has 9 heteroatoms. The predicted octanol–water partition coefficient (Wildman–Crippen LogP) is 2.72. The molecule has 2 aromatic rings. The molecule has 0 atom stereocenters. The number of anilines is 1. The van der Waals surface area contributed by atoms with Gasteiger partial charge in [-0.15, -0.1) is 0 Å². The molecule has 24 heavy (non-hydrogen) atoms. The van der Waals surface area contributed by atoms with E-state index >= 15 is 0 Å². The number of carbonyl (C=O) groups excluding carboxylic acids is 1. The molecule has 1 aromatic carbocycles. The molecule has 0 bridgehead atoms. The van der Waals surface area contributed by atoms with Crippen LogP contribution in [-0.2, 0) is 15.7 Å². The molecule has 0 aliphatic rings. The number of rotatable bonds is 4. The van der Waals surface area contributed by atoms with Gasteiger partial charge >= 0.3 is 12.1 Å². The molecule has 1 aromatic heterocycles. The normalized spacial score (nSPS) is 11.0. The Kier molecular flexibility index (Phi) is 4.78. The average Bonchev–Trinajstić information content (AvgIpc) is 2.56. The van der Waals surface area contributed by atoms with Crippen molar-refractivity contribution in [2.45, 2.75) is 6.18 Å². The minimum Gasteiger partial charge on any atom is -0.497 e. The largest absolute Gasteiger partial charge is 0.497 e. The number of esters is 1. The maximum absolute atomic E-state index is 13.2. The minimum absolute atomic E-state index is 0.00879. The van der Waals surface area contributed by atoms with Gasteiger partial charge in [-0.2, -0.15) is 18.4 Å². The lowest BCUT2D eigenvalue weighted by atomic mass is 10.1. The van der Waals surface area contributed by atoms with Crippen molar-refractivity contribution in [1.82, 2.24) is 4.98 Å². The summed E-state index contributed by atoms with van der Waals surface area (Å²) in [6.45, 7) is -0.404. The molecule has 0 saturated carbocycles. The third-order valence-electron chi connectivity index (χ3n) is 3.21. The van der Waals surface area contributed by atoms with E-state index in [0.717, 1.165) is 7.11 Å². The molecule has 0 spiro atoms. The monoisotopic (exact) mass is 339 g/mol. The first kappa shape index (κ1) is 17.3. The number of nitriles is 1. The molecule has 0 aliphatic heterocycles. The Morgan fingerprint density at radius 3 is 2.62 bits per heavy atom. The Morgan fingerprint density at radius 1 is 1.38 bits per heavy atom. The molecular formula is C15H12F3N3O3. The number of ether oxygens (including phenoxy) is 2. The summed E-state index contributed by atoms with van der Waals surface area (Å²) in [5, 5.41) is 11.9. The SMILES string of the molecule is COC(=O)CNc1c(C#N)c(C(F)(F)F)nc2ccc(OC)cc12. The summed E-state index contributed by atoms with van der Waals surface area (Å²) < 4.78 is 49.1. The lowest BCUT2D eigenvalue weighted by molar-refractivity contribution is -0.141. The zero-order valence-electron chi connectivity index (χ0n) is 12.7. The maximum atomic E-state index is 13.2. The second-order valence-electron chi connectivity index (χ2n) is 4.63. The summed E-state index contributed by atoms with van der Waals surface area (Å²) in [5.74, 6) is -0.325. The number of halogens is 3. The summed E-state index contributed by atoms with van der Waals surface area (Å²) in [6.07, 6.45) is -4.82. The number of methoxy groups -OCH3 is 2. The van der Waals surface area contributed by atoms with Crippen molar-refractivity contribution in [3.8, 4) is 11.8 Å². The molecule has 0 aliphatic carbocycles. The van der Waals surface area contributed by atoms with Gasteiger partial charge in [0.05, 0.1) is 25.4 Å². The van der Waals surface area contributed by atoms with E-state index in [1.165, 1.54) is 31.4 Å². The van der Waals surface area contributed by atoms with Crippen LogP contribution in [0.25, 0.3) is 10.9 Å². The Bertz CT molecular complexity index is 829. The number of pyridine rings is 1. The van der Waals surface area contributed by atoms with Crippen LogP contribution < -0.4 is 10.1 Å². The first-order valence-electron chi connectivity index (χ1n) is 6.61. The highest BCUT2D eigenvalue weighted by Crippen LogP contribution is 2.38. The number of nitrogens with zero attached hydrogens (tertiary/aromatic N) is 2. The molecule has 0 saturated heterocycles. The number of fused-ring (bicyclic) bond motifs is 1. The molecule has 0 fully saturated rings. The summed E-state index contributed by atoms with van der Waals surface area (Å²) >= 11 is 0. The van der Waals surface area contributed by atoms with Crippen molar-refractivity contribution >= 4 is 22.6 Å². The van der Waals surface area contributed by atoms with Gasteiger partial charge in [0.1, 0.15) is 23.9 Å². The molecule has 126 valence electrons. The van der Waals surface area contributed by atoms with Crippen molar-refractivity contribution in [2.75, 3.05) is 26.1 Å². The van der Waals surface area contributed by atoms with Gasteiger partial charge in [-0.3, -0.25) is 4.79 Å². The van der Waals surface area contributed by atoms with Crippen molar-refractivity contribution in [3.05, 3.63) is 29.5 Å². The Balaban J connectivity index is 2.75. The van der Waals surface area contributed by atoms with E-state index in [9.17, 15) is 23.2 Å². The van der Waals surface area contributed by atoms with Crippen LogP contribution in [0.2, 0.25) is 0 Å². The van der Waals surface area contributed by atoms with Crippen LogP contribution in [0.4, 0.5) is 18.9 Å². The zero-order valence-corrected chi connectivity index (χ0v) is 12.7. The molecule has 2 rings (SSSR count). The van der Waals surface area contributed by atoms with Crippen LogP contribution in [0.15, 0.2) is 18.2 Å². The van der Waals surface area contributed by atoms with Crippen molar-refractivity contribution in [1.29, 1.82) is 5.26 Å². The van der Waals surface area contributed by atoms with Gasteiger partial charge in [0, 0.05) is 5.39 Å². The van der Waals surface area contributed by atoms with Crippen molar-refractivity contribution < 1.29 is 27.4 Å². The molecule has 0 radical (unpaired) electrons. The second-order valence-corrected chi connectivity index (χ2v) is 4.63. The fourth-order valence-corrected chi connectivity index (χ4v) is 2.10. The Morgan fingerprint density at radius 2 is 2.08 bits per heavy atom. The van der Waals surface area contributed by atoms with E-state index in [4.69, 9.17) is 4.74 Å². The predicted molar refractivity (Wildman–Crippen MR) is 78.5 cm³/mol. The average molecular weight is 339 g/mol. The fourth-order valence-electron chi connectivity index (χ4n) is 2.10. The molecule has 0 unspecified atom stereocenters. The van der Waals surface area contributed by atoms with E-state index < -0.39 is 29.9 Å². The standard InChI is InChI=1S/C15H12F3N3O3/c1-23-8-3-4-11-9(5-8)13(20-7-12(22)24-2)10(6-19)14(21-11)15(16,17)18/h3-5H,7H2,1-2H3,(H,20,21). The molecular weight excluding hydrogens is 327 g/mol. The summed E-state index contributed by atoms with van der Waals surface area (Å²) in [5.41, 5.74) is -2.17. The number of hydrogen-bond acceptors (Lipinski definition) is 6. The van der Waals surface area contributed by atoms with E-state index in [1.54, 1.807) is 0 Å². The Labute approximate surface area is 134 Å². The zero-order chi connectivity index (χ0) is 17.9. The van der Waals surface area contributed by atoms with Gasteiger partial charge in [-0.05, 0) is 18.2 Å². The van der Waals surface area contributed by atoms with Crippen molar-refractivity contribution in [3.63, 3.8) is 0 Å². The number of alkyl halides is 3. The minimum atomic E-state index is -4.82.